The van der Waals surface area contributed by atoms with Crippen molar-refractivity contribution in [3.8, 4) is 0 Å². The molecular weight excluding hydrogens is 475 g/mol. The Morgan fingerprint density at radius 2 is 1.96 bits per heavy atom. The third-order valence-corrected chi connectivity index (χ3v) is 6.04. The average Bonchev–Trinajstić information content (AvgIpc) is 2.81. The van der Waals surface area contributed by atoms with Crippen LogP contribution in [-0.4, -0.2) is 31.1 Å². The number of carbonyl (C=O) groups excluding carboxylic acids is 1. The van der Waals surface area contributed by atoms with Crippen LogP contribution in [0, 0.1) is 0 Å². The molecule has 0 unspecified atom stereocenters. The molecule has 1 amide bonds. The molecule has 6 nitrogen and oxygen atoms in total. The third kappa shape index (κ3) is 5.03. The second-order valence-electron chi connectivity index (χ2n) is 5.62. The fourth-order valence-corrected chi connectivity index (χ4v) is 4.46. The average molecular weight is 489 g/mol. The Labute approximate surface area is 166 Å². The number of benzene rings is 1. The van der Waals surface area contributed by atoms with Crippen molar-refractivity contribution in [3.05, 3.63) is 45.7 Å². The van der Waals surface area contributed by atoms with Crippen LogP contribution in [0.4, 0.5) is 18.9 Å². The first kappa shape index (κ1) is 21.7. The molecule has 0 saturated heterocycles. The Kier molecular flexibility index (Phi) is 6.30. The number of amides is 1. The summed E-state index contributed by atoms with van der Waals surface area (Å²) in [6.45, 7) is 0.662. The van der Waals surface area contributed by atoms with E-state index in [4.69, 9.17) is 11.6 Å². The van der Waals surface area contributed by atoms with Crippen LogP contribution in [0.5, 0.6) is 0 Å². The Balaban J connectivity index is 2.34. The van der Waals surface area contributed by atoms with E-state index in [0.717, 1.165) is 10.8 Å². The highest BCUT2D eigenvalue weighted by atomic mass is 79.9. The highest BCUT2D eigenvalue weighted by molar-refractivity contribution is 9.10. The van der Waals surface area contributed by atoms with Gasteiger partial charge in [-0.3, -0.25) is 4.79 Å². The van der Waals surface area contributed by atoms with E-state index in [-0.39, 0.29) is 5.69 Å². The van der Waals surface area contributed by atoms with Gasteiger partial charge in [-0.2, -0.15) is 17.9 Å². The monoisotopic (exact) mass is 487 g/mol. The lowest BCUT2D eigenvalue weighted by molar-refractivity contribution is -0.147. The van der Waals surface area contributed by atoms with E-state index in [1.165, 1.54) is 11.8 Å². The van der Waals surface area contributed by atoms with Crippen LogP contribution < -0.4 is 10.0 Å². The van der Waals surface area contributed by atoms with Crippen molar-refractivity contribution < 1.29 is 26.4 Å². The molecule has 2 aromatic rings. The molecule has 1 atom stereocenters. The molecule has 148 valence electrons. The minimum atomic E-state index is -4.77. The molecule has 2 rings (SSSR count). The normalized spacial score (nSPS) is 13.4. The maximum Gasteiger partial charge on any atom is 0.404 e. The lowest BCUT2D eigenvalue weighted by atomic mass is 10.3. The van der Waals surface area contributed by atoms with Crippen molar-refractivity contribution in [1.29, 1.82) is 0 Å². The summed E-state index contributed by atoms with van der Waals surface area (Å²) in [4.78, 5) is 11.8. The molecule has 1 aromatic heterocycles. The molecule has 0 saturated carbocycles. The Morgan fingerprint density at radius 1 is 1.33 bits per heavy atom. The van der Waals surface area contributed by atoms with Crippen LogP contribution >= 0.6 is 27.5 Å². The van der Waals surface area contributed by atoms with Gasteiger partial charge in [-0.25, -0.2) is 8.42 Å². The van der Waals surface area contributed by atoms with Gasteiger partial charge in [-0.1, -0.05) is 33.6 Å². The van der Waals surface area contributed by atoms with E-state index in [1.807, 2.05) is 0 Å². The van der Waals surface area contributed by atoms with Gasteiger partial charge in [-0.05, 0) is 25.1 Å². The first-order valence-electron chi connectivity index (χ1n) is 7.33. The van der Waals surface area contributed by atoms with Crippen LogP contribution in [0.1, 0.15) is 17.4 Å². The maximum absolute atomic E-state index is 12.7. The van der Waals surface area contributed by atoms with Crippen LogP contribution in [0.15, 0.2) is 39.8 Å². The molecular formula is C15H14BrClF3N3O3S. The quantitative estimate of drug-likeness (QED) is 0.669. The number of alkyl halides is 3. The van der Waals surface area contributed by atoms with E-state index >= 15 is 0 Å². The minimum Gasteiger partial charge on any atom is -0.344 e. The van der Waals surface area contributed by atoms with E-state index in [0.29, 0.717) is 17.1 Å². The molecule has 12 heteroatoms. The predicted octanol–water partition coefficient (Wildman–Crippen LogP) is 3.92. The van der Waals surface area contributed by atoms with Crippen molar-refractivity contribution in [2.45, 2.75) is 24.0 Å². The number of nitrogens with one attached hydrogen (secondary N) is 2. The molecule has 0 aliphatic carbocycles. The van der Waals surface area contributed by atoms with Crippen molar-refractivity contribution in [2.24, 2.45) is 7.05 Å². The van der Waals surface area contributed by atoms with E-state index in [2.05, 4.69) is 21.2 Å². The highest BCUT2D eigenvalue weighted by Crippen LogP contribution is 2.29. The van der Waals surface area contributed by atoms with Crippen molar-refractivity contribution in [2.75, 3.05) is 5.32 Å². The standard InChI is InChI=1S/C15H14BrClF3N3O3S/c1-8(15(18,19)20)22-27(25,26)11-7-23(2)13(12(11)17)14(24)21-10-5-3-4-9(16)6-10/h3-8,22H,1-2H3,(H,21,24)/t8-/m1/s1. The second-order valence-corrected chi connectivity index (χ2v) is 8.59. The molecule has 0 spiro atoms. The number of hydrogen-bond acceptors (Lipinski definition) is 3. The first-order valence-corrected chi connectivity index (χ1v) is 9.99. The first-order chi connectivity index (χ1) is 12.3. The molecule has 0 bridgehead atoms. The topological polar surface area (TPSA) is 80.2 Å². The fraction of sp³-hybridized carbons (Fsp3) is 0.267. The van der Waals surface area contributed by atoms with Crippen LogP contribution in [-0.2, 0) is 17.1 Å². The zero-order valence-corrected chi connectivity index (χ0v) is 17.1. The van der Waals surface area contributed by atoms with Crippen molar-refractivity contribution in [3.63, 3.8) is 0 Å². The van der Waals surface area contributed by atoms with Gasteiger partial charge in [0.05, 0.1) is 5.02 Å². The highest BCUT2D eigenvalue weighted by Gasteiger charge is 2.40. The Morgan fingerprint density at radius 3 is 2.52 bits per heavy atom. The summed E-state index contributed by atoms with van der Waals surface area (Å²) in [5, 5.41) is 2.06. The Hall–Kier alpha value is -1.56. The molecule has 0 aliphatic heterocycles. The number of aromatic nitrogens is 1. The second kappa shape index (κ2) is 7.82. The summed E-state index contributed by atoms with van der Waals surface area (Å²) < 4.78 is 65.8. The van der Waals surface area contributed by atoms with Gasteiger partial charge in [0.15, 0.2) is 0 Å². The lowest BCUT2D eigenvalue weighted by Gasteiger charge is -2.16. The van der Waals surface area contributed by atoms with Gasteiger partial charge in [0.1, 0.15) is 16.6 Å². The number of aryl methyl sites for hydroxylation is 1. The van der Waals surface area contributed by atoms with Crippen molar-refractivity contribution >= 4 is 49.1 Å². The molecule has 0 aliphatic rings. The summed E-state index contributed by atoms with van der Waals surface area (Å²) >= 11 is 9.26. The summed E-state index contributed by atoms with van der Waals surface area (Å²) in [5.74, 6) is -0.717. The number of rotatable bonds is 5. The number of carbonyl (C=O) groups is 1. The SMILES string of the molecule is C[C@@H](NS(=O)(=O)c1cn(C)c(C(=O)Nc2cccc(Br)c2)c1Cl)C(F)(F)F. The van der Waals surface area contributed by atoms with E-state index in [9.17, 15) is 26.4 Å². The van der Waals surface area contributed by atoms with E-state index in [1.54, 1.807) is 24.3 Å². The summed E-state index contributed by atoms with van der Waals surface area (Å²) in [6.07, 6.45) is -3.79. The molecule has 0 radical (unpaired) electrons. The Bertz CT molecular complexity index is 976. The number of halogens is 5. The molecule has 0 fully saturated rings. The zero-order chi connectivity index (χ0) is 20.6. The van der Waals surface area contributed by atoms with Crippen molar-refractivity contribution in [1.82, 2.24) is 9.29 Å². The largest absolute Gasteiger partial charge is 0.404 e. The third-order valence-electron chi connectivity index (χ3n) is 3.50. The zero-order valence-electron chi connectivity index (χ0n) is 13.9. The van der Waals surface area contributed by atoms with Crippen LogP contribution in [0.3, 0.4) is 0 Å². The number of nitrogens with zero attached hydrogens (tertiary/aromatic N) is 1. The number of sulfonamides is 1. The number of hydrogen-bond donors (Lipinski definition) is 2. The van der Waals surface area contributed by atoms with Gasteiger partial charge in [0.2, 0.25) is 10.0 Å². The van der Waals surface area contributed by atoms with Crippen LogP contribution in [0.25, 0.3) is 0 Å². The predicted molar refractivity (Wildman–Crippen MR) is 98.4 cm³/mol. The van der Waals surface area contributed by atoms with Gasteiger partial charge in [-0.15, -0.1) is 0 Å². The number of anilines is 1. The van der Waals surface area contributed by atoms with Gasteiger partial charge in [0.25, 0.3) is 5.91 Å². The molecule has 27 heavy (non-hydrogen) atoms. The fourth-order valence-electron chi connectivity index (χ4n) is 2.14. The summed E-state index contributed by atoms with van der Waals surface area (Å²) in [6, 6.07) is 4.30. The minimum absolute atomic E-state index is 0.211. The maximum atomic E-state index is 12.7. The molecule has 2 N–H and O–H groups in total. The van der Waals surface area contributed by atoms with E-state index < -0.39 is 38.1 Å². The molecule has 1 aromatic carbocycles. The summed E-state index contributed by atoms with van der Waals surface area (Å²) in [7, 11) is -3.24. The van der Waals surface area contributed by atoms with Crippen LogP contribution in [0.2, 0.25) is 5.02 Å². The lowest BCUT2D eigenvalue weighted by Crippen LogP contribution is -2.42. The van der Waals surface area contributed by atoms with Gasteiger partial charge in [0, 0.05) is 23.4 Å². The summed E-state index contributed by atoms with van der Waals surface area (Å²) in [5.41, 5.74) is 0.205. The smallest absolute Gasteiger partial charge is 0.344 e. The van der Waals surface area contributed by atoms with Gasteiger partial charge >= 0.3 is 6.18 Å². The van der Waals surface area contributed by atoms with Gasteiger partial charge < -0.3 is 9.88 Å². The molecule has 1 heterocycles.